The Labute approximate surface area is 356 Å². The second-order valence-electron chi connectivity index (χ2n) is 17.1. The number of unbranched alkanes of at least 4 members (excludes halogenated alkanes) is 26. The maximum absolute atomic E-state index is 6.43. The van der Waals surface area contributed by atoms with Crippen molar-refractivity contribution >= 4 is 23.5 Å². The normalized spacial score (nSPS) is 14.1. The van der Waals surface area contributed by atoms with E-state index in [4.69, 9.17) is 14.2 Å². The van der Waals surface area contributed by atoms with Gasteiger partial charge in [0, 0.05) is 36.9 Å². The van der Waals surface area contributed by atoms with E-state index >= 15 is 0 Å². The molecule has 0 aliphatic rings. The van der Waals surface area contributed by atoms with Crippen LogP contribution in [-0.2, 0) is 14.2 Å². The number of hydrogen-bond donors (Lipinski definition) is 0. The standard InChI is InChI=1S/C50H102O3S2/c1-7-11-15-19-21-23-25-27-31-35-45-54-49(39-33-29-17-13-9-3)47(5)52-43-37-41-51-42-38-44-53-48(6)50(40-34-30-18-14-10-4)55-46-36-32-28-26-24-22-20-16-12-8-2/h47-50H,7-46H2,1-6H3. The van der Waals surface area contributed by atoms with Gasteiger partial charge in [-0.3, -0.25) is 0 Å². The van der Waals surface area contributed by atoms with E-state index in [9.17, 15) is 0 Å². The van der Waals surface area contributed by atoms with Crippen molar-refractivity contribution in [1.82, 2.24) is 0 Å². The third-order valence-corrected chi connectivity index (χ3v) is 14.7. The molecule has 332 valence electrons. The van der Waals surface area contributed by atoms with Crippen LogP contribution in [0.3, 0.4) is 0 Å². The van der Waals surface area contributed by atoms with Gasteiger partial charge < -0.3 is 14.2 Å². The molecular weight excluding hydrogens is 713 g/mol. The van der Waals surface area contributed by atoms with Crippen LogP contribution in [0.15, 0.2) is 0 Å². The molecule has 0 amide bonds. The first-order valence-corrected chi connectivity index (χ1v) is 27.2. The van der Waals surface area contributed by atoms with Gasteiger partial charge in [-0.05, 0) is 63.9 Å². The zero-order valence-corrected chi connectivity index (χ0v) is 40.3. The van der Waals surface area contributed by atoms with Crippen LogP contribution >= 0.6 is 23.5 Å². The summed E-state index contributed by atoms with van der Waals surface area (Å²) in [6.07, 6.45) is 47.2. The van der Waals surface area contributed by atoms with Crippen LogP contribution < -0.4 is 0 Å². The average molecular weight is 815 g/mol. The van der Waals surface area contributed by atoms with Crippen molar-refractivity contribution in [2.24, 2.45) is 0 Å². The molecule has 0 N–H and O–H groups in total. The molecule has 0 aliphatic heterocycles. The number of rotatable bonds is 48. The van der Waals surface area contributed by atoms with Crippen LogP contribution in [0.5, 0.6) is 0 Å². The Morgan fingerprint density at radius 2 is 0.582 bits per heavy atom. The molecule has 0 heterocycles. The lowest BCUT2D eigenvalue weighted by molar-refractivity contribution is 0.0250. The molecule has 0 bridgehead atoms. The lowest BCUT2D eigenvalue weighted by atomic mass is 10.1. The van der Waals surface area contributed by atoms with Crippen molar-refractivity contribution in [1.29, 1.82) is 0 Å². The predicted octanol–water partition coefficient (Wildman–Crippen LogP) is 17.4. The van der Waals surface area contributed by atoms with E-state index in [1.54, 1.807) is 0 Å². The molecule has 0 saturated heterocycles. The Hall–Kier alpha value is 0.580. The molecule has 4 atom stereocenters. The second kappa shape index (κ2) is 47.3. The maximum Gasteiger partial charge on any atom is 0.0665 e. The van der Waals surface area contributed by atoms with Crippen molar-refractivity contribution in [2.45, 2.75) is 283 Å². The summed E-state index contributed by atoms with van der Waals surface area (Å²) in [5.74, 6) is 2.59. The van der Waals surface area contributed by atoms with E-state index in [0.29, 0.717) is 22.7 Å². The summed E-state index contributed by atoms with van der Waals surface area (Å²) in [5.41, 5.74) is 0. The zero-order valence-electron chi connectivity index (χ0n) is 38.6. The predicted molar refractivity (Wildman–Crippen MR) is 254 cm³/mol. The van der Waals surface area contributed by atoms with Gasteiger partial charge in [-0.25, -0.2) is 0 Å². The van der Waals surface area contributed by atoms with E-state index in [0.717, 1.165) is 39.3 Å². The van der Waals surface area contributed by atoms with E-state index < -0.39 is 0 Å². The van der Waals surface area contributed by atoms with Crippen LogP contribution in [0.2, 0.25) is 0 Å². The minimum Gasteiger partial charge on any atom is -0.381 e. The van der Waals surface area contributed by atoms with Gasteiger partial charge in [0.1, 0.15) is 0 Å². The van der Waals surface area contributed by atoms with Gasteiger partial charge in [0.05, 0.1) is 12.2 Å². The average Bonchev–Trinajstić information content (AvgIpc) is 3.19. The van der Waals surface area contributed by atoms with Crippen LogP contribution in [0.1, 0.15) is 260 Å². The highest BCUT2D eigenvalue weighted by Crippen LogP contribution is 2.27. The van der Waals surface area contributed by atoms with Gasteiger partial charge in [-0.1, -0.05) is 207 Å². The van der Waals surface area contributed by atoms with Gasteiger partial charge in [-0.15, -0.1) is 0 Å². The Morgan fingerprint density at radius 3 is 0.891 bits per heavy atom. The fourth-order valence-electron chi connectivity index (χ4n) is 7.63. The summed E-state index contributed by atoms with van der Waals surface area (Å²) in [5, 5.41) is 1.27. The van der Waals surface area contributed by atoms with Gasteiger partial charge in [0.15, 0.2) is 0 Å². The van der Waals surface area contributed by atoms with Gasteiger partial charge in [0.2, 0.25) is 0 Å². The quantitative estimate of drug-likeness (QED) is 0.0571. The monoisotopic (exact) mass is 815 g/mol. The smallest absolute Gasteiger partial charge is 0.0665 e. The molecule has 3 nitrogen and oxygen atoms in total. The van der Waals surface area contributed by atoms with Crippen LogP contribution in [-0.4, -0.2) is 60.6 Å². The second-order valence-corrected chi connectivity index (χ2v) is 19.8. The molecule has 0 aromatic rings. The Balaban J connectivity index is 4.24. The molecule has 5 heteroatoms. The van der Waals surface area contributed by atoms with Gasteiger partial charge in [0.25, 0.3) is 0 Å². The fourth-order valence-corrected chi connectivity index (χ4v) is 10.3. The van der Waals surface area contributed by atoms with Crippen LogP contribution in [0, 0.1) is 0 Å². The third-order valence-electron chi connectivity index (χ3n) is 11.5. The first-order chi connectivity index (χ1) is 27.1. The Bertz CT molecular complexity index is 638. The Kier molecular flexibility index (Phi) is 47.8. The van der Waals surface area contributed by atoms with Crippen molar-refractivity contribution in [3.8, 4) is 0 Å². The molecule has 0 saturated carbocycles. The molecule has 0 rings (SSSR count). The summed E-state index contributed by atoms with van der Waals surface area (Å²) in [6.45, 7) is 17.1. The highest BCUT2D eigenvalue weighted by molar-refractivity contribution is 8.00. The number of ether oxygens (including phenoxy) is 3. The van der Waals surface area contributed by atoms with Crippen LogP contribution in [0.25, 0.3) is 0 Å². The van der Waals surface area contributed by atoms with E-state index in [1.165, 1.54) is 217 Å². The number of thioether (sulfide) groups is 2. The molecule has 0 radical (unpaired) electrons. The molecule has 0 aromatic carbocycles. The maximum atomic E-state index is 6.43. The molecule has 4 unspecified atom stereocenters. The van der Waals surface area contributed by atoms with E-state index in [1.807, 2.05) is 0 Å². The van der Waals surface area contributed by atoms with Crippen molar-refractivity contribution in [3.63, 3.8) is 0 Å². The van der Waals surface area contributed by atoms with E-state index in [2.05, 4.69) is 65.1 Å². The molecule has 0 aliphatic carbocycles. The lowest BCUT2D eigenvalue weighted by Crippen LogP contribution is -2.25. The highest BCUT2D eigenvalue weighted by atomic mass is 32.2. The minimum atomic E-state index is 0.330. The Morgan fingerprint density at radius 1 is 0.309 bits per heavy atom. The number of hydrogen-bond acceptors (Lipinski definition) is 5. The summed E-state index contributed by atoms with van der Waals surface area (Å²) < 4.78 is 18.9. The third kappa shape index (κ3) is 41.1. The first kappa shape index (κ1) is 55.6. The largest absolute Gasteiger partial charge is 0.381 e. The zero-order chi connectivity index (χ0) is 40.1. The molecule has 55 heavy (non-hydrogen) atoms. The lowest BCUT2D eigenvalue weighted by Gasteiger charge is -2.24. The first-order valence-electron chi connectivity index (χ1n) is 25.1. The highest BCUT2D eigenvalue weighted by Gasteiger charge is 2.19. The molecule has 0 aromatic heterocycles. The van der Waals surface area contributed by atoms with Crippen molar-refractivity contribution in [3.05, 3.63) is 0 Å². The molecule has 0 fully saturated rings. The molecular formula is C50H102O3S2. The van der Waals surface area contributed by atoms with Crippen molar-refractivity contribution < 1.29 is 14.2 Å². The summed E-state index contributed by atoms with van der Waals surface area (Å²) in [7, 11) is 0. The molecule has 0 spiro atoms. The van der Waals surface area contributed by atoms with Gasteiger partial charge >= 0.3 is 0 Å². The summed E-state index contributed by atoms with van der Waals surface area (Å²) in [4.78, 5) is 0. The van der Waals surface area contributed by atoms with E-state index in [-0.39, 0.29) is 0 Å². The van der Waals surface area contributed by atoms with Crippen LogP contribution in [0.4, 0.5) is 0 Å². The SMILES string of the molecule is CCCCCCCCCCCCSC(CCCCCCC)C(C)OCCCOCCCOC(C)C(CCCCCCC)SCCCCCCCCCCCC. The topological polar surface area (TPSA) is 27.7 Å². The van der Waals surface area contributed by atoms with Crippen molar-refractivity contribution in [2.75, 3.05) is 37.9 Å². The summed E-state index contributed by atoms with van der Waals surface area (Å²) in [6, 6.07) is 0. The summed E-state index contributed by atoms with van der Waals surface area (Å²) >= 11 is 4.40. The van der Waals surface area contributed by atoms with Gasteiger partial charge in [-0.2, -0.15) is 23.5 Å². The fraction of sp³-hybridized carbons (Fsp3) is 1.00. The minimum absolute atomic E-state index is 0.330.